The third-order valence-electron chi connectivity index (χ3n) is 3.08. The second kappa shape index (κ2) is 11.2. The Kier molecular flexibility index (Phi) is 9.23. The molecule has 0 aliphatic carbocycles. The predicted molar refractivity (Wildman–Crippen MR) is 111 cm³/mol. The SMILES string of the molecule is ClC(Cl)=CCOc1cc(Cl)c(OCCCOc2ccc(Br)cc2)c(Cl)c1. The van der Waals surface area contributed by atoms with E-state index in [-0.39, 0.29) is 11.1 Å². The summed E-state index contributed by atoms with van der Waals surface area (Å²) in [6.45, 7) is 1.15. The van der Waals surface area contributed by atoms with Crippen LogP contribution < -0.4 is 14.2 Å². The van der Waals surface area contributed by atoms with Crippen molar-refractivity contribution in [1.29, 1.82) is 0 Å². The Balaban J connectivity index is 1.79. The first-order valence-electron chi connectivity index (χ1n) is 7.60. The van der Waals surface area contributed by atoms with Crippen molar-refractivity contribution in [3.63, 3.8) is 0 Å². The van der Waals surface area contributed by atoms with E-state index in [2.05, 4.69) is 15.9 Å². The summed E-state index contributed by atoms with van der Waals surface area (Å²) in [5.74, 6) is 1.71. The molecule has 2 aromatic carbocycles. The summed E-state index contributed by atoms with van der Waals surface area (Å²) in [5.41, 5.74) is 0. The minimum atomic E-state index is 0.132. The van der Waals surface area contributed by atoms with Gasteiger partial charge in [-0.05, 0) is 30.3 Å². The highest BCUT2D eigenvalue weighted by Crippen LogP contribution is 2.37. The fourth-order valence-electron chi connectivity index (χ4n) is 1.91. The quantitative estimate of drug-likeness (QED) is 0.338. The lowest BCUT2D eigenvalue weighted by Gasteiger charge is -2.12. The number of ether oxygens (including phenoxy) is 3. The van der Waals surface area contributed by atoms with Gasteiger partial charge in [-0.2, -0.15) is 0 Å². The molecule has 0 N–H and O–H groups in total. The van der Waals surface area contributed by atoms with E-state index in [9.17, 15) is 0 Å². The van der Waals surface area contributed by atoms with Gasteiger partial charge in [-0.25, -0.2) is 0 Å². The summed E-state index contributed by atoms with van der Waals surface area (Å²) in [5, 5.41) is 0.726. The van der Waals surface area contributed by atoms with Crippen LogP contribution in [0.2, 0.25) is 10.0 Å². The van der Waals surface area contributed by atoms with Crippen molar-refractivity contribution in [2.45, 2.75) is 6.42 Å². The fourth-order valence-corrected chi connectivity index (χ4v) is 2.88. The van der Waals surface area contributed by atoms with Gasteiger partial charge in [0, 0.05) is 23.0 Å². The molecular formula is C18H15BrCl4O3. The average Bonchev–Trinajstić information content (AvgIpc) is 2.58. The molecule has 0 aromatic heterocycles. The summed E-state index contributed by atoms with van der Waals surface area (Å²) in [6, 6.07) is 10.9. The summed E-state index contributed by atoms with van der Waals surface area (Å²) >= 11 is 26.8. The zero-order chi connectivity index (χ0) is 18.9. The van der Waals surface area contributed by atoms with Crippen molar-refractivity contribution < 1.29 is 14.2 Å². The van der Waals surface area contributed by atoms with Crippen molar-refractivity contribution in [1.82, 2.24) is 0 Å². The Labute approximate surface area is 180 Å². The van der Waals surface area contributed by atoms with E-state index in [0.717, 1.165) is 10.2 Å². The first-order chi connectivity index (χ1) is 12.5. The van der Waals surface area contributed by atoms with E-state index in [0.29, 0.717) is 41.2 Å². The van der Waals surface area contributed by atoms with Crippen LogP contribution in [-0.4, -0.2) is 19.8 Å². The van der Waals surface area contributed by atoms with Crippen LogP contribution in [0.25, 0.3) is 0 Å². The Bertz CT molecular complexity index is 724. The molecule has 26 heavy (non-hydrogen) atoms. The lowest BCUT2D eigenvalue weighted by molar-refractivity contribution is 0.247. The molecule has 0 amide bonds. The van der Waals surface area contributed by atoms with Crippen LogP contribution in [0.15, 0.2) is 51.4 Å². The molecular weight excluding hydrogens is 486 g/mol. The van der Waals surface area contributed by atoms with Crippen molar-refractivity contribution >= 4 is 62.3 Å². The van der Waals surface area contributed by atoms with Gasteiger partial charge in [0.2, 0.25) is 0 Å². The molecule has 0 saturated heterocycles. The summed E-state index contributed by atoms with van der Waals surface area (Å²) in [6.07, 6.45) is 2.20. The highest BCUT2D eigenvalue weighted by Gasteiger charge is 2.10. The zero-order valence-electron chi connectivity index (χ0n) is 13.5. The largest absolute Gasteiger partial charge is 0.493 e. The number of halogens is 5. The van der Waals surface area contributed by atoms with E-state index < -0.39 is 0 Å². The van der Waals surface area contributed by atoms with E-state index in [1.807, 2.05) is 24.3 Å². The van der Waals surface area contributed by atoms with Gasteiger partial charge in [-0.1, -0.05) is 62.3 Å². The van der Waals surface area contributed by atoms with Gasteiger partial charge in [0.15, 0.2) is 5.75 Å². The minimum Gasteiger partial charge on any atom is -0.493 e. The Morgan fingerprint density at radius 2 is 1.50 bits per heavy atom. The van der Waals surface area contributed by atoms with Crippen LogP contribution in [0.3, 0.4) is 0 Å². The molecule has 2 aromatic rings. The minimum absolute atomic E-state index is 0.132. The van der Waals surface area contributed by atoms with E-state index >= 15 is 0 Å². The molecule has 0 saturated carbocycles. The topological polar surface area (TPSA) is 27.7 Å². The Hall–Kier alpha value is -0.780. The first kappa shape index (κ1) is 21.5. The second-order valence-electron chi connectivity index (χ2n) is 5.03. The molecule has 0 heterocycles. The van der Waals surface area contributed by atoms with Crippen molar-refractivity contribution in [2.75, 3.05) is 19.8 Å². The molecule has 0 fully saturated rings. The lowest BCUT2D eigenvalue weighted by Crippen LogP contribution is -2.05. The predicted octanol–water partition coefficient (Wildman–Crippen LogP) is 7.30. The van der Waals surface area contributed by atoms with E-state index in [1.54, 1.807) is 12.1 Å². The van der Waals surface area contributed by atoms with Gasteiger partial charge in [-0.15, -0.1) is 0 Å². The first-order valence-corrected chi connectivity index (χ1v) is 9.90. The van der Waals surface area contributed by atoms with Gasteiger partial charge in [0.05, 0.1) is 23.3 Å². The third-order valence-corrected chi connectivity index (χ3v) is 4.48. The second-order valence-corrected chi connectivity index (χ2v) is 7.76. The monoisotopic (exact) mass is 498 g/mol. The summed E-state index contributed by atoms with van der Waals surface area (Å²) in [7, 11) is 0. The molecule has 0 atom stereocenters. The average molecular weight is 501 g/mol. The van der Waals surface area contributed by atoms with Gasteiger partial charge < -0.3 is 14.2 Å². The molecule has 0 aliphatic rings. The smallest absolute Gasteiger partial charge is 0.156 e. The van der Waals surface area contributed by atoms with Crippen LogP contribution in [0.4, 0.5) is 0 Å². The van der Waals surface area contributed by atoms with Gasteiger partial charge in [-0.3, -0.25) is 0 Å². The zero-order valence-corrected chi connectivity index (χ0v) is 18.1. The molecule has 0 bridgehead atoms. The molecule has 0 spiro atoms. The Morgan fingerprint density at radius 3 is 2.12 bits per heavy atom. The molecule has 8 heteroatoms. The van der Waals surface area contributed by atoms with E-state index in [4.69, 9.17) is 60.6 Å². The number of hydrogen-bond acceptors (Lipinski definition) is 3. The molecule has 0 radical (unpaired) electrons. The molecule has 0 aliphatic heterocycles. The van der Waals surface area contributed by atoms with Gasteiger partial charge in [0.1, 0.15) is 22.6 Å². The van der Waals surface area contributed by atoms with Gasteiger partial charge >= 0.3 is 0 Å². The molecule has 2 rings (SSSR count). The van der Waals surface area contributed by atoms with Crippen LogP contribution in [-0.2, 0) is 0 Å². The number of rotatable bonds is 9. The lowest BCUT2D eigenvalue weighted by atomic mass is 10.3. The van der Waals surface area contributed by atoms with Crippen LogP contribution >= 0.6 is 62.3 Å². The van der Waals surface area contributed by atoms with Crippen LogP contribution in [0.1, 0.15) is 6.42 Å². The maximum atomic E-state index is 6.21. The van der Waals surface area contributed by atoms with Crippen molar-refractivity contribution in [3.8, 4) is 17.2 Å². The highest BCUT2D eigenvalue weighted by atomic mass is 79.9. The summed E-state index contributed by atoms with van der Waals surface area (Å²) < 4.78 is 17.9. The highest BCUT2D eigenvalue weighted by molar-refractivity contribution is 9.10. The third kappa shape index (κ3) is 7.45. The fraction of sp³-hybridized carbons (Fsp3) is 0.222. The number of benzene rings is 2. The van der Waals surface area contributed by atoms with E-state index in [1.165, 1.54) is 6.08 Å². The molecule has 3 nitrogen and oxygen atoms in total. The van der Waals surface area contributed by atoms with Crippen LogP contribution in [0, 0.1) is 0 Å². The maximum absolute atomic E-state index is 6.21. The normalized spacial score (nSPS) is 10.3. The number of hydrogen-bond donors (Lipinski definition) is 0. The summed E-state index contributed by atoms with van der Waals surface area (Å²) in [4.78, 5) is 0. The van der Waals surface area contributed by atoms with Crippen molar-refractivity contribution in [3.05, 3.63) is 61.5 Å². The van der Waals surface area contributed by atoms with Crippen molar-refractivity contribution in [2.24, 2.45) is 0 Å². The van der Waals surface area contributed by atoms with Crippen LogP contribution in [0.5, 0.6) is 17.2 Å². The molecule has 140 valence electrons. The maximum Gasteiger partial charge on any atom is 0.156 e. The molecule has 0 unspecified atom stereocenters. The van der Waals surface area contributed by atoms with Gasteiger partial charge in [0.25, 0.3) is 0 Å². The standard InChI is InChI=1S/C18H15BrCl4O3/c19-12-2-4-13(5-3-12)24-7-1-8-26-18-15(20)10-14(11-16(18)21)25-9-6-17(22)23/h2-6,10-11H,1,7-9H2. The Morgan fingerprint density at radius 1 is 0.885 bits per heavy atom.